The van der Waals surface area contributed by atoms with Gasteiger partial charge in [-0.3, -0.25) is 4.72 Å². The summed E-state index contributed by atoms with van der Waals surface area (Å²) in [6.45, 7) is 1.85. The SMILES string of the molecule is CNc1ccccc1S(=O)(=O)Nc1cc(Cl)c(C)cc1Br. The maximum Gasteiger partial charge on any atom is 0.263 e. The van der Waals surface area contributed by atoms with Crippen LogP contribution >= 0.6 is 27.5 Å². The summed E-state index contributed by atoms with van der Waals surface area (Å²) in [5.41, 5.74) is 1.79. The van der Waals surface area contributed by atoms with Gasteiger partial charge in [-0.05, 0) is 52.7 Å². The summed E-state index contributed by atoms with van der Waals surface area (Å²) in [7, 11) is -2.04. The highest BCUT2D eigenvalue weighted by atomic mass is 79.9. The first-order valence-electron chi connectivity index (χ1n) is 6.10. The third-order valence-corrected chi connectivity index (χ3v) is 5.43. The second-order valence-corrected chi connectivity index (χ2v) is 7.35. The van der Waals surface area contributed by atoms with Crippen molar-refractivity contribution in [1.82, 2.24) is 0 Å². The van der Waals surface area contributed by atoms with E-state index in [4.69, 9.17) is 11.6 Å². The van der Waals surface area contributed by atoms with E-state index >= 15 is 0 Å². The molecule has 2 aromatic rings. The van der Waals surface area contributed by atoms with E-state index in [0.29, 0.717) is 20.9 Å². The van der Waals surface area contributed by atoms with Crippen LogP contribution in [0.2, 0.25) is 5.02 Å². The van der Waals surface area contributed by atoms with Crippen molar-refractivity contribution in [2.45, 2.75) is 11.8 Å². The van der Waals surface area contributed by atoms with E-state index in [2.05, 4.69) is 26.0 Å². The minimum Gasteiger partial charge on any atom is -0.387 e. The lowest BCUT2D eigenvalue weighted by Gasteiger charge is -2.14. The number of nitrogens with one attached hydrogen (secondary N) is 2. The van der Waals surface area contributed by atoms with Crippen LogP contribution in [0.25, 0.3) is 0 Å². The molecule has 2 N–H and O–H groups in total. The van der Waals surface area contributed by atoms with Gasteiger partial charge in [-0.25, -0.2) is 8.42 Å². The molecule has 0 unspecified atom stereocenters. The molecular formula is C14H14BrClN2O2S. The lowest BCUT2D eigenvalue weighted by molar-refractivity contribution is 0.601. The quantitative estimate of drug-likeness (QED) is 0.821. The molecule has 0 heterocycles. The molecule has 2 aromatic carbocycles. The zero-order chi connectivity index (χ0) is 15.6. The van der Waals surface area contributed by atoms with Gasteiger partial charge in [0.05, 0.1) is 11.4 Å². The van der Waals surface area contributed by atoms with Crippen LogP contribution in [0.4, 0.5) is 11.4 Å². The largest absolute Gasteiger partial charge is 0.387 e. The Bertz CT molecular complexity index is 779. The van der Waals surface area contributed by atoms with Crippen molar-refractivity contribution in [3.63, 3.8) is 0 Å². The lowest BCUT2D eigenvalue weighted by atomic mass is 10.2. The fraction of sp³-hybridized carbons (Fsp3) is 0.143. The van der Waals surface area contributed by atoms with Gasteiger partial charge in [-0.2, -0.15) is 0 Å². The molecule has 0 bridgehead atoms. The van der Waals surface area contributed by atoms with Crippen molar-refractivity contribution in [2.75, 3.05) is 17.1 Å². The highest BCUT2D eigenvalue weighted by Gasteiger charge is 2.19. The molecule has 0 spiro atoms. The molecule has 7 heteroatoms. The predicted molar refractivity (Wildman–Crippen MR) is 90.7 cm³/mol. The molecule has 0 aliphatic carbocycles. The Hall–Kier alpha value is -1.24. The van der Waals surface area contributed by atoms with Gasteiger partial charge in [0.2, 0.25) is 0 Å². The van der Waals surface area contributed by atoms with Crippen LogP contribution in [0, 0.1) is 6.92 Å². The van der Waals surface area contributed by atoms with Gasteiger partial charge >= 0.3 is 0 Å². The molecule has 2 rings (SSSR count). The van der Waals surface area contributed by atoms with Crippen molar-refractivity contribution >= 4 is 48.9 Å². The average molecular weight is 390 g/mol. The Morgan fingerprint density at radius 2 is 1.81 bits per heavy atom. The van der Waals surface area contributed by atoms with E-state index in [1.54, 1.807) is 37.4 Å². The molecule has 112 valence electrons. The monoisotopic (exact) mass is 388 g/mol. The number of sulfonamides is 1. The van der Waals surface area contributed by atoms with Crippen LogP contribution in [-0.2, 0) is 10.0 Å². The Balaban J connectivity index is 2.45. The lowest BCUT2D eigenvalue weighted by Crippen LogP contribution is -2.15. The van der Waals surface area contributed by atoms with Gasteiger partial charge < -0.3 is 5.32 Å². The van der Waals surface area contributed by atoms with E-state index in [0.717, 1.165) is 5.56 Å². The molecule has 21 heavy (non-hydrogen) atoms. The maximum atomic E-state index is 12.5. The summed E-state index contributed by atoms with van der Waals surface area (Å²) >= 11 is 9.39. The van der Waals surface area contributed by atoms with Crippen LogP contribution in [0.1, 0.15) is 5.56 Å². The van der Waals surface area contributed by atoms with Gasteiger partial charge in [-0.15, -0.1) is 0 Å². The number of anilines is 2. The Labute approximate surface area is 137 Å². The van der Waals surface area contributed by atoms with E-state index < -0.39 is 10.0 Å². The van der Waals surface area contributed by atoms with E-state index in [1.807, 2.05) is 6.92 Å². The smallest absolute Gasteiger partial charge is 0.263 e. The Morgan fingerprint density at radius 3 is 2.48 bits per heavy atom. The topological polar surface area (TPSA) is 58.2 Å². The summed E-state index contributed by atoms with van der Waals surface area (Å²) < 4.78 is 28.2. The zero-order valence-corrected chi connectivity index (χ0v) is 14.6. The molecule has 0 saturated carbocycles. The molecule has 0 radical (unpaired) electrons. The minimum absolute atomic E-state index is 0.177. The highest BCUT2D eigenvalue weighted by Crippen LogP contribution is 2.31. The third kappa shape index (κ3) is 3.51. The first-order valence-corrected chi connectivity index (χ1v) is 8.76. The van der Waals surface area contributed by atoms with Gasteiger partial charge in [-0.1, -0.05) is 23.7 Å². The molecule has 0 aliphatic heterocycles. The van der Waals surface area contributed by atoms with Gasteiger partial charge in [0, 0.05) is 16.5 Å². The highest BCUT2D eigenvalue weighted by molar-refractivity contribution is 9.10. The van der Waals surface area contributed by atoms with Crippen molar-refractivity contribution in [1.29, 1.82) is 0 Å². The fourth-order valence-corrected chi connectivity index (χ4v) is 3.97. The van der Waals surface area contributed by atoms with Crippen LogP contribution in [-0.4, -0.2) is 15.5 Å². The van der Waals surface area contributed by atoms with Crippen LogP contribution in [0.15, 0.2) is 45.8 Å². The van der Waals surface area contributed by atoms with E-state index in [1.165, 1.54) is 6.07 Å². The van der Waals surface area contributed by atoms with Gasteiger partial charge in [0.25, 0.3) is 10.0 Å². The Kier molecular flexibility index (Phi) is 4.81. The second-order valence-electron chi connectivity index (χ2n) is 4.43. The standard InChI is InChI=1S/C14H14BrClN2O2S/c1-9-7-10(15)13(8-11(9)16)18-21(19,20)14-6-4-3-5-12(14)17-2/h3-8,17-18H,1-2H3. The summed E-state index contributed by atoms with van der Waals surface area (Å²) in [6.07, 6.45) is 0. The van der Waals surface area contributed by atoms with E-state index in [9.17, 15) is 8.42 Å². The minimum atomic E-state index is -3.71. The molecule has 0 saturated heterocycles. The molecular weight excluding hydrogens is 376 g/mol. The van der Waals surface area contributed by atoms with Crippen molar-refractivity contribution < 1.29 is 8.42 Å². The normalized spacial score (nSPS) is 11.2. The molecule has 0 atom stereocenters. The van der Waals surface area contributed by atoms with Gasteiger partial charge in [0.15, 0.2) is 0 Å². The van der Waals surface area contributed by atoms with Crippen LogP contribution < -0.4 is 10.0 Å². The van der Waals surface area contributed by atoms with Crippen LogP contribution in [0.5, 0.6) is 0 Å². The number of aryl methyl sites for hydroxylation is 1. The summed E-state index contributed by atoms with van der Waals surface area (Å²) in [5, 5.41) is 3.36. The predicted octanol–water partition coefficient (Wildman–Crippen LogP) is 4.25. The molecule has 0 aromatic heterocycles. The molecule has 4 nitrogen and oxygen atoms in total. The number of benzene rings is 2. The number of para-hydroxylation sites is 1. The summed E-state index contributed by atoms with van der Waals surface area (Å²) in [4.78, 5) is 0.177. The number of rotatable bonds is 4. The molecule has 0 amide bonds. The summed E-state index contributed by atoms with van der Waals surface area (Å²) in [5.74, 6) is 0. The fourth-order valence-electron chi connectivity index (χ4n) is 1.83. The van der Waals surface area contributed by atoms with Crippen LogP contribution in [0.3, 0.4) is 0 Å². The number of hydrogen-bond donors (Lipinski definition) is 2. The molecule has 0 fully saturated rings. The van der Waals surface area contributed by atoms with Crippen molar-refractivity contribution in [3.05, 3.63) is 51.5 Å². The second kappa shape index (κ2) is 6.25. The number of halogens is 2. The van der Waals surface area contributed by atoms with Crippen molar-refractivity contribution in [3.8, 4) is 0 Å². The third-order valence-electron chi connectivity index (χ3n) is 2.94. The zero-order valence-electron chi connectivity index (χ0n) is 11.4. The average Bonchev–Trinajstić information content (AvgIpc) is 2.44. The number of hydrogen-bond acceptors (Lipinski definition) is 3. The van der Waals surface area contributed by atoms with Crippen molar-refractivity contribution in [2.24, 2.45) is 0 Å². The van der Waals surface area contributed by atoms with E-state index in [-0.39, 0.29) is 4.90 Å². The Morgan fingerprint density at radius 1 is 1.14 bits per heavy atom. The summed E-state index contributed by atoms with van der Waals surface area (Å²) in [6, 6.07) is 10.0. The first-order chi connectivity index (χ1) is 9.85. The first kappa shape index (κ1) is 16.1. The molecule has 0 aliphatic rings. The maximum absolute atomic E-state index is 12.5. The van der Waals surface area contributed by atoms with Gasteiger partial charge in [0.1, 0.15) is 4.90 Å².